The fourth-order valence-electron chi connectivity index (χ4n) is 2.72. The molecule has 2 aromatic rings. The Balaban J connectivity index is 1.82. The molecule has 0 atom stereocenters. The summed E-state index contributed by atoms with van der Waals surface area (Å²) in [7, 11) is 0. The molecule has 9 heteroatoms. The first-order chi connectivity index (χ1) is 11.6. The molecule has 0 unspecified atom stereocenters. The molecule has 3 rings (SSSR count). The smallest absolute Gasteiger partial charge is 0.341 e. The minimum Gasteiger partial charge on any atom is -0.539 e. The van der Waals surface area contributed by atoms with Gasteiger partial charge in [-0.1, -0.05) is 4.68 Å². The van der Waals surface area contributed by atoms with Gasteiger partial charge in [0.05, 0.1) is 17.4 Å². The first-order valence-corrected chi connectivity index (χ1v) is 8.55. The van der Waals surface area contributed by atoms with Gasteiger partial charge in [-0.15, -0.1) is 11.3 Å². The second kappa shape index (κ2) is 7.00. The summed E-state index contributed by atoms with van der Waals surface area (Å²) in [6.45, 7) is 1.85. The molecule has 1 aliphatic rings. The monoisotopic (exact) mass is 351 g/mol. The number of hydrogen-bond donors (Lipinski definition) is 1. The second-order valence-corrected chi connectivity index (χ2v) is 6.51. The van der Waals surface area contributed by atoms with E-state index < -0.39 is 17.8 Å². The van der Waals surface area contributed by atoms with Crippen LogP contribution in [0.3, 0.4) is 0 Å². The Morgan fingerprint density at radius 1 is 1.46 bits per heavy atom. The molecule has 0 saturated heterocycles. The summed E-state index contributed by atoms with van der Waals surface area (Å²) in [5, 5.41) is 17.6. The summed E-state index contributed by atoms with van der Waals surface area (Å²) in [6, 6.07) is 0. The van der Waals surface area contributed by atoms with Gasteiger partial charge in [0.25, 0.3) is 12.5 Å². The Morgan fingerprint density at radius 2 is 2.25 bits per heavy atom. The van der Waals surface area contributed by atoms with Crippen molar-refractivity contribution in [3.8, 4) is 5.95 Å². The van der Waals surface area contributed by atoms with E-state index in [1.165, 1.54) is 11.3 Å². The number of nitrogens with zero attached hydrogens (tertiary/aromatic N) is 2. The van der Waals surface area contributed by atoms with Crippen LogP contribution in [0.4, 0.5) is 5.00 Å². The fourth-order valence-corrected chi connectivity index (χ4v) is 4.02. The normalized spacial score (nSPS) is 13.4. The van der Waals surface area contributed by atoms with Gasteiger partial charge in [-0.2, -0.15) is 0 Å². The van der Waals surface area contributed by atoms with Crippen LogP contribution in [0.2, 0.25) is 0 Å². The van der Waals surface area contributed by atoms with E-state index in [0.29, 0.717) is 10.6 Å². The highest BCUT2D eigenvalue weighted by Crippen LogP contribution is 2.38. The molecule has 2 aromatic heterocycles. The lowest BCUT2D eigenvalue weighted by Gasteiger charge is -2.12. The highest BCUT2D eigenvalue weighted by atomic mass is 32.1. The summed E-state index contributed by atoms with van der Waals surface area (Å²) < 4.78 is 10.6. The summed E-state index contributed by atoms with van der Waals surface area (Å²) in [6.07, 6.45) is 4.90. The molecule has 1 N–H and O–H groups in total. The predicted molar refractivity (Wildman–Crippen MR) is 81.7 cm³/mol. The highest BCUT2D eigenvalue weighted by Gasteiger charge is 2.27. The molecule has 0 bridgehead atoms. The number of aryl methyl sites for hydroxylation is 1. The number of anilines is 1. The van der Waals surface area contributed by atoms with Crippen LogP contribution in [0.1, 0.15) is 40.6 Å². The van der Waals surface area contributed by atoms with Crippen LogP contribution in [-0.2, 0) is 28.9 Å². The van der Waals surface area contributed by atoms with Crippen molar-refractivity contribution in [2.24, 2.45) is 0 Å². The Kier molecular flexibility index (Phi) is 4.79. The zero-order valence-corrected chi connectivity index (χ0v) is 14.0. The number of amides is 1. The third-order valence-corrected chi connectivity index (χ3v) is 4.91. The van der Waals surface area contributed by atoms with Crippen molar-refractivity contribution in [1.29, 1.82) is 0 Å². The first-order valence-electron chi connectivity index (χ1n) is 7.73. The molecule has 24 heavy (non-hydrogen) atoms. The van der Waals surface area contributed by atoms with Crippen molar-refractivity contribution >= 4 is 28.2 Å². The molecule has 0 saturated carbocycles. The highest BCUT2D eigenvalue weighted by molar-refractivity contribution is 7.17. The molecule has 128 valence electrons. The summed E-state index contributed by atoms with van der Waals surface area (Å²) in [5.41, 5.74) is 1.44. The van der Waals surface area contributed by atoms with E-state index >= 15 is 0 Å². The van der Waals surface area contributed by atoms with E-state index in [1.54, 1.807) is 6.92 Å². The topological polar surface area (TPSA) is 108 Å². The van der Waals surface area contributed by atoms with Gasteiger partial charge in [-0.25, -0.2) is 4.79 Å². The van der Waals surface area contributed by atoms with Crippen LogP contribution >= 0.6 is 11.3 Å². The van der Waals surface area contributed by atoms with Gasteiger partial charge in [0.1, 0.15) is 10.9 Å². The maximum atomic E-state index is 12.3. The summed E-state index contributed by atoms with van der Waals surface area (Å²) >= 11 is 1.41. The number of rotatable bonds is 5. The van der Waals surface area contributed by atoms with Gasteiger partial charge in [-0.3, -0.25) is 4.79 Å². The molecular formula is C15H17N3O5S. The molecule has 8 nitrogen and oxygen atoms in total. The fraction of sp³-hybridized carbons (Fsp3) is 0.467. The molecule has 2 heterocycles. The Morgan fingerprint density at radius 3 is 2.96 bits per heavy atom. The van der Waals surface area contributed by atoms with Gasteiger partial charge in [0, 0.05) is 4.88 Å². The van der Waals surface area contributed by atoms with Crippen molar-refractivity contribution < 1.29 is 28.6 Å². The predicted octanol–water partition coefficient (Wildman–Crippen LogP) is 0.791. The average molecular weight is 351 g/mol. The van der Waals surface area contributed by atoms with Crippen LogP contribution in [-0.4, -0.2) is 23.8 Å². The maximum absolute atomic E-state index is 12.3. The number of fused-ring (bicyclic) bond motifs is 1. The van der Waals surface area contributed by atoms with Crippen molar-refractivity contribution in [3.63, 3.8) is 0 Å². The van der Waals surface area contributed by atoms with Crippen molar-refractivity contribution in [2.75, 3.05) is 11.9 Å². The van der Waals surface area contributed by atoms with Crippen LogP contribution in [0.5, 0.6) is 5.95 Å². The first kappa shape index (κ1) is 16.4. The summed E-state index contributed by atoms with van der Waals surface area (Å²) in [4.78, 5) is 25.6. The molecule has 1 amide bonds. The van der Waals surface area contributed by atoms with E-state index in [9.17, 15) is 14.7 Å². The van der Waals surface area contributed by atoms with Gasteiger partial charge in [-0.05, 0) is 38.2 Å². The van der Waals surface area contributed by atoms with E-state index in [-0.39, 0.29) is 13.2 Å². The van der Waals surface area contributed by atoms with Gasteiger partial charge >= 0.3 is 5.97 Å². The standard InChI is InChI=1S/C15H17N3O5S/c1-2-22-15(21)13-9-5-3-4-6-10(9)24-14(13)16-11(19)7-18-8-12(20)23-17-18/h8H,2-7H2,1H3,(H-,16,17,19,20,21). The lowest BCUT2D eigenvalue weighted by Crippen LogP contribution is -2.41. The van der Waals surface area contributed by atoms with Gasteiger partial charge < -0.3 is 19.7 Å². The third kappa shape index (κ3) is 3.40. The van der Waals surface area contributed by atoms with E-state index in [4.69, 9.17) is 4.74 Å². The lowest BCUT2D eigenvalue weighted by atomic mass is 9.95. The molecule has 0 fully saturated rings. The molecule has 1 aliphatic carbocycles. The number of carbonyl (C=O) groups excluding carboxylic acids is 2. The quantitative estimate of drug-likeness (QED) is 0.630. The minimum atomic E-state index is -0.624. The number of esters is 1. The summed E-state index contributed by atoms with van der Waals surface area (Å²) in [5.74, 6) is -1.43. The third-order valence-electron chi connectivity index (χ3n) is 3.70. The van der Waals surface area contributed by atoms with Crippen LogP contribution in [0, 0.1) is 0 Å². The Bertz CT molecular complexity index is 767. The minimum absolute atomic E-state index is 0.170. The van der Waals surface area contributed by atoms with Crippen molar-refractivity contribution in [1.82, 2.24) is 5.27 Å². The number of hydrogen-bond acceptors (Lipinski definition) is 7. The molecule has 0 aromatic carbocycles. The van der Waals surface area contributed by atoms with Gasteiger partial charge in [0.2, 0.25) is 6.20 Å². The van der Waals surface area contributed by atoms with Crippen LogP contribution in [0.15, 0.2) is 10.7 Å². The number of ether oxygens (including phenoxy) is 1. The second-order valence-electron chi connectivity index (χ2n) is 5.40. The van der Waals surface area contributed by atoms with E-state index in [0.717, 1.165) is 47.0 Å². The lowest BCUT2D eigenvalue weighted by molar-refractivity contribution is -0.750. The average Bonchev–Trinajstić information content (AvgIpc) is 3.10. The molecular weight excluding hydrogens is 334 g/mol. The molecule has 0 radical (unpaired) electrons. The largest absolute Gasteiger partial charge is 0.539 e. The van der Waals surface area contributed by atoms with E-state index in [2.05, 4.69) is 15.1 Å². The zero-order valence-electron chi connectivity index (χ0n) is 13.2. The van der Waals surface area contributed by atoms with Crippen LogP contribution in [0.25, 0.3) is 0 Å². The van der Waals surface area contributed by atoms with E-state index in [1.807, 2.05) is 0 Å². The Labute approximate surface area is 142 Å². The Hall–Kier alpha value is -2.42. The molecule has 0 spiro atoms. The number of carbonyl (C=O) groups is 2. The number of aromatic nitrogens is 2. The van der Waals surface area contributed by atoms with Gasteiger partial charge in [0.15, 0.2) is 0 Å². The molecule has 0 aliphatic heterocycles. The van der Waals surface area contributed by atoms with Crippen molar-refractivity contribution in [2.45, 2.75) is 39.2 Å². The number of nitrogens with one attached hydrogen (secondary N) is 1. The van der Waals surface area contributed by atoms with Crippen LogP contribution < -0.4 is 15.1 Å². The SMILES string of the molecule is CCOC(=O)c1c(NC(=O)C[n+]2cc([O-])on2)sc2c1CCCC2. The van der Waals surface area contributed by atoms with Crippen molar-refractivity contribution in [3.05, 3.63) is 22.2 Å². The number of thiophene rings is 1. The maximum Gasteiger partial charge on any atom is 0.341 e. The zero-order chi connectivity index (χ0) is 17.1.